The van der Waals surface area contributed by atoms with Gasteiger partial charge in [-0.2, -0.15) is 0 Å². The first-order valence-corrected chi connectivity index (χ1v) is 14.1. The number of nitrogens with one attached hydrogen (secondary N) is 1. The first-order valence-electron chi connectivity index (χ1n) is 13.2. The van der Waals surface area contributed by atoms with Gasteiger partial charge in [-0.1, -0.05) is 90.5 Å². The molecular weight excluding hydrogens is 490 g/mol. The van der Waals surface area contributed by atoms with Gasteiger partial charge in [0.25, 0.3) is 5.91 Å². The van der Waals surface area contributed by atoms with Gasteiger partial charge in [0.2, 0.25) is 0 Å². The van der Waals surface area contributed by atoms with Gasteiger partial charge >= 0.3 is 0 Å². The molecule has 0 aliphatic rings. The van der Waals surface area contributed by atoms with Crippen LogP contribution < -0.4 is 5.32 Å². The number of hydrogen-bond donors (Lipinski definition) is 1. The number of aromatic nitrogens is 1. The number of carbonyl (C=O) groups excluding carboxylic acids is 1. The van der Waals surface area contributed by atoms with Gasteiger partial charge in [-0.15, -0.1) is 11.3 Å². The molecule has 4 aromatic rings. The molecule has 1 aromatic heterocycles. The fourth-order valence-corrected chi connectivity index (χ4v) is 5.38. The number of nitrogens with zero attached hydrogens (tertiary/aromatic N) is 2. The molecule has 0 bridgehead atoms. The van der Waals surface area contributed by atoms with E-state index >= 15 is 0 Å². The van der Waals surface area contributed by atoms with Crippen LogP contribution in [-0.4, -0.2) is 42.6 Å². The number of rotatable bonds is 14. The summed E-state index contributed by atoms with van der Waals surface area (Å²) in [6, 6.07) is 30.2. The normalized spacial score (nSPS) is 11.3. The summed E-state index contributed by atoms with van der Waals surface area (Å²) < 4.78 is 5.06. The summed E-state index contributed by atoms with van der Waals surface area (Å²) in [6.45, 7) is 5.76. The largest absolute Gasteiger partial charge is 0.385 e. The Morgan fingerprint density at radius 2 is 1.61 bits per heavy atom. The van der Waals surface area contributed by atoms with Crippen LogP contribution in [0.25, 0.3) is 0 Å². The lowest BCUT2D eigenvalue weighted by molar-refractivity contribution is 0.0944. The number of benzene rings is 3. The number of thiazole rings is 1. The van der Waals surface area contributed by atoms with Gasteiger partial charge < -0.3 is 10.1 Å². The molecule has 1 N–H and O–H groups in total. The van der Waals surface area contributed by atoms with Crippen molar-refractivity contribution in [1.82, 2.24) is 15.2 Å². The maximum atomic E-state index is 12.5. The highest BCUT2D eigenvalue weighted by molar-refractivity contribution is 7.09. The summed E-state index contributed by atoms with van der Waals surface area (Å²) in [4.78, 5) is 19.7. The van der Waals surface area contributed by atoms with E-state index < -0.39 is 0 Å². The predicted molar refractivity (Wildman–Crippen MR) is 156 cm³/mol. The molecule has 0 atom stereocenters. The second-order valence-electron chi connectivity index (χ2n) is 9.59. The third kappa shape index (κ3) is 8.35. The molecular formula is C32H37N3O2S. The highest BCUT2D eigenvalue weighted by Crippen LogP contribution is 2.29. The first-order chi connectivity index (χ1) is 18.6. The summed E-state index contributed by atoms with van der Waals surface area (Å²) in [6.07, 6.45) is 1.77. The summed E-state index contributed by atoms with van der Waals surface area (Å²) in [5.41, 5.74) is 5.68. The van der Waals surface area contributed by atoms with Gasteiger partial charge in [0.15, 0.2) is 0 Å². The molecule has 1 heterocycles. The number of aryl methyl sites for hydroxylation is 1. The van der Waals surface area contributed by atoms with Crippen molar-refractivity contribution < 1.29 is 9.53 Å². The third-order valence-electron chi connectivity index (χ3n) is 6.62. The number of carbonyl (C=O) groups is 1. The van der Waals surface area contributed by atoms with Crippen molar-refractivity contribution in [3.63, 3.8) is 0 Å². The van der Waals surface area contributed by atoms with Crippen molar-refractivity contribution in [3.8, 4) is 0 Å². The summed E-state index contributed by atoms with van der Waals surface area (Å²) in [7, 11) is 1.67. The molecule has 0 aliphatic carbocycles. The Morgan fingerprint density at radius 3 is 2.24 bits per heavy atom. The zero-order chi connectivity index (χ0) is 26.6. The molecule has 3 aromatic carbocycles. The number of hydrogen-bond acceptors (Lipinski definition) is 5. The number of amides is 1. The Kier molecular flexibility index (Phi) is 10.6. The van der Waals surface area contributed by atoms with Crippen LogP contribution in [0.3, 0.4) is 0 Å². The minimum Gasteiger partial charge on any atom is -0.385 e. The van der Waals surface area contributed by atoms with Gasteiger partial charge in [-0.3, -0.25) is 9.69 Å². The topological polar surface area (TPSA) is 54.5 Å². The Hall–Kier alpha value is -3.32. The third-order valence-corrected chi connectivity index (χ3v) is 7.45. The lowest BCUT2D eigenvalue weighted by atomic mass is 9.88. The van der Waals surface area contributed by atoms with Crippen molar-refractivity contribution in [1.29, 1.82) is 0 Å². The van der Waals surface area contributed by atoms with Crippen LogP contribution in [0.2, 0.25) is 0 Å². The highest BCUT2D eigenvalue weighted by atomic mass is 32.1. The van der Waals surface area contributed by atoms with Gasteiger partial charge in [-0.05, 0) is 43.0 Å². The summed E-state index contributed by atoms with van der Waals surface area (Å²) >= 11 is 1.55. The number of ether oxygens (including phenoxy) is 1. The quantitative estimate of drug-likeness (QED) is 0.192. The molecule has 5 nitrogen and oxygen atoms in total. The Bertz CT molecular complexity index is 1200. The van der Waals surface area contributed by atoms with Gasteiger partial charge in [0.1, 0.15) is 10.7 Å². The van der Waals surface area contributed by atoms with Crippen molar-refractivity contribution in [2.45, 2.75) is 38.8 Å². The minimum absolute atomic E-state index is 0.123. The molecule has 1 amide bonds. The lowest BCUT2D eigenvalue weighted by Gasteiger charge is -2.25. The van der Waals surface area contributed by atoms with E-state index in [1.807, 2.05) is 5.38 Å². The monoisotopic (exact) mass is 527 g/mol. The maximum Gasteiger partial charge on any atom is 0.270 e. The number of methoxy groups -OCH3 is 1. The zero-order valence-electron chi connectivity index (χ0n) is 22.3. The van der Waals surface area contributed by atoms with Gasteiger partial charge in [-0.25, -0.2) is 4.98 Å². The SMILES string of the molecule is COCCCNC(=O)c1csc(CN(CCC(c2ccccc2)c2ccccc2)Cc2ccc(C)cc2)n1. The molecule has 0 radical (unpaired) electrons. The molecule has 0 saturated heterocycles. The van der Waals surface area contributed by atoms with Crippen LogP contribution in [0, 0.1) is 6.92 Å². The van der Waals surface area contributed by atoms with Crippen molar-refractivity contribution >= 4 is 17.2 Å². The highest BCUT2D eigenvalue weighted by Gasteiger charge is 2.18. The smallest absolute Gasteiger partial charge is 0.270 e. The van der Waals surface area contributed by atoms with Crippen LogP contribution in [0.1, 0.15) is 56.5 Å². The molecule has 4 rings (SSSR count). The molecule has 38 heavy (non-hydrogen) atoms. The Labute approximate surface area is 230 Å². The summed E-state index contributed by atoms with van der Waals surface area (Å²) in [5.74, 6) is 0.185. The van der Waals surface area contributed by atoms with E-state index in [4.69, 9.17) is 4.74 Å². The van der Waals surface area contributed by atoms with E-state index in [0.717, 1.165) is 30.9 Å². The van der Waals surface area contributed by atoms with E-state index in [2.05, 4.69) is 107 Å². The zero-order valence-corrected chi connectivity index (χ0v) is 23.1. The lowest BCUT2D eigenvalue weighted by Crippen LogP contribution is -2.27. The molecule has 6 heteroatoms. The van der Waals surface area contributed by atoms with Crippen LogP contribution in [0.15, 0.2) is 90.3 Å². The van der Waals surface area contributed by atoms with E-state index in [1.165, 1.54) is 22.3 Å². The van der Waals surface area contributed by atoms with Crippen LogP contribution >= 0.6 is 11.3 Å². The van der Waals surface area contributed by atoms with Crippen molar-refractivity contribution in [2.24, 2.45) is 0 Å². The Morgan fingerprint density at radius 1 is 0.947 bits per heavy atom. The van der Waals surface area contributed by atoms with Crippen LogP contribution in [0.4, 0.5) is 0 Å². The molecule has 0 saturated carbocycles. The van der Waals surface area contributed by atoms with Crippen LogP contribution in [0.5, 0.6) is 0 Å². The van der Waals surface area contributed by atoms with Crippen LogP contribution in [-0.2, 0) is 17.8 Å². The van der Waals surface area contributed by atoms with E-state index in [1.54, 1.807) is 18.4 Å². The fourth-order valence-electron chi connectivity index (χ4n) is 4.56. The first kappa shape index (κ1) is 27.7. The second-order valence-corrected chi connectivity index (χ2v) is 10.5. The van der Waals surface area contributed by atoms with Crippen molar-refractivity contribution in [2.75, 3.05) is 26.8 Å². The van der Waals surface area contributed by atoms with E-state index in [9.17, 15) is 4.79 Å². The minimum atomic E-state index is -0.123. The fraction of sp³-hybridized carbons (Fsp3) is 0.312. The van der Waals surface area contributed by atoms with Crippen molar-refractivity contribution in [3.05, 3.63) is 123 Å². The van der Waals surface area contributed by atoms with Gasteiger partial charge in [0, 0.05) is 38.1 Å². The molecule has 0 fully saturated rings. The average Bonchev–Trinajstić information content (AvgIpc) is 3.42. The molecule has 0 aliphatic heterocycles. The predicted octanol–water partition coefficient (Wildman–Crippen LogP) is 6.44. The standard InChI is InChI=1S/C32H37N3O2S/c1-25-14-16-26(17-15-25)22-35(23-31-34-30(24-38-31)32(36)33-19-9-21-37-2)20-18-29(27-10-5-3-6-11-27)28-12-7-4-8-13-28/h3-8,10-17,24,29H,9,18-23H2,1-2H3,(H,33,36). The molecule has 0 unspecified atom stereocenters. The Balaban J connectivity index is 1.48. The molecule has 198 valence electrons. The van der Waals surface area contributed by atoms with E-state index in [-0.39, 0.29) is 5.91 Å². The van der Waals surface area contributed by atoms with E-state index in [0.29, 0.717) is 31.3 Å². The maximum absolute atomic E-state index is 12.5. The summed E-state index contributed by atoms with van der Waals surface area (Å²) in [5, 5.41) is 5.75. The second kappa shape index (κ2) is 14.6. The van der Waals surface area contributed by atoms with Gasteiger partial charge in [0.05, 0.1) is 6.54 Å². The molecule has 0 spiro atoms. The average molecular weight is 528 g/mol.